The maximum absolute atomic E-state index is 14.0. The van der Waals surface area contributed by atoms with Gasteiger partial charge in [0.25, 0.3) is 0 Å². The molecule has 23 heteroatoms. The Morgan fingerprint density at radius 3 is 1.05 bits per heavy atom. The number of nitrogens with zero attached hydrogens (tertiary/aromatic N) is 2. The number of phenolic OH excluding ortho intramolecular Hbond substituents is 4. The fourth-order valence-electron chi connectivity index (χ4n) is 14.2. The number of fused-ring (bicyclic) bond motifs is 4. The number of hydrogen-bond donors (Lipinski definition) is 8. The highest BCUT2D eigenvalue weighted by Crippen LogP contribution is 2.53. The number of aryl methyl sites for hydroxylation is 1. The number of carbonyl (C=O) groups is 4. The van der Waals surface area contributed by atoms with Crippen molar-refractivity contribution in [3.05, 3.63) is 335 Å². The second-order valence-corrected chi connectivity index (χ2v) is 33.7. The number of nitriles is 1. The summed E-state index contributed by atoms with van der Waals surface area (Å²) in [5, 5.41) is 87.8. The van der Waals surface area contributed by atoms with Crippen molar-refractivity contribution < 1.29 is 83.4 Å². The molecule has 0 atom stereocenters. The van der Waals surface area contributed by atoms with Gasteiger partial charge in [0.2, 0.25) is 0 Å². The van der Waals surface area contributed by atoms with Crippen LogP contribution in [0.2, 0.25) is 0 Å². The number of phenols is 4. The molecular weight excluding hydrogens is 1670 g/mol. The van der Waals surface area contributed by atoms with Crippen LogP contribution in [0.4, 0.5) is 4.39 Å². The van der Waals surface area contributed by atoms with Crippen LogP contribution in [0.25, 0.3) is 106 Å². The average Bonchev–Trinajstić information content (AvgIpc) is 1.64. The predicted molar refractivity (Wildman–Crippen MR) is 501 cm³/mol. The molecular formula is C103H81FN2O16S4. The summed E-state index contributed by atoms with van der Waals surface area (Å²) < 4.78 is 42.8. The van der Waals surface area contributed by atoms with Crippen LogP contribution in [0.15, 0.2) is 285 Å². The van der Waals surface area contributed by atoms with E-state index < -0.39 is 23.9 Å². The number of hydrogen-bond acceptors (Lipinski definition) is 18. The Kier molecular flexibility index (Phi) is 28.0. The van der Waals surface area contributed by atoms with E-state index in [1.807, 2.05) is 110 Å². The molecule has 0 spiro atoms. The Bertz CT molecular complexity index is 6870. The van der Waals surface area contributed by atoms with Gasteiger partial charge in [-0.05, 0) is 258 Å². The molecule has 1 saturated heterocycles. The average molecular weight is 1750 g/mol. The first kappa shape index (κ1) is 87.4. The Morgan fingerprint density at radius 2 is 0.706 bits per heavy atom. The highest BCUT2D eigenvalue weighted by Gasteiger charge is 2.26. The lowest BCUT2D eigenvalue weighted by Crippen LogP contribution is -2.18. The molecule has 126 heavy (non-hydrogen) atoms. The summed E-state index contributed by atoms with van der Waals surface area (Å²) in [6, 6.07) is 80.8. The summed E-state index contributed by atoms with van der Waals surface area (Å²) in [4.78, 5) is 49.0. The molecule has 630 valence electrons. The lowest BCUT2D eigenvalue weighted by atomic mass is 9.96. The van der Waals surface area contributed by atoms with Gasteiger partial charge in [0, 0.05) is 76.8 Å². The summed E-state index contributed by atoms with van der Waals surface area (Å²) >= 11 is 6.13. The molecule has 0 bridgehead atoms. The monoisotopic (exact) mass is 1750 g/mol. The summed E-state index contributed by atoms with van der Waals surface area (Å²) in [6.45, 7) is 9.40. The normalized spacial score (nSPS) is 12.0. The van der Waals surface area contributed by atoms with Crippen molar-refractivity contribution in [3.63, 3.8) is 0 Å². The predicted octanol–water partition coefficient (Wildman–Crippen LogP) is 26.9. The third kappa shape index (κ3) is 21.9. The molecule has 1 aliphatic heterocycles. The van der Waals surface area contributed by atoms with Crippen molar-refractivity contribution in [3.8, 4) is 117 Å². The fraction of sp³-hybridized carbons (Fsp3) is 0.0971. The number of rotatable bonds is 24. The topological polar surface area (TPSA) is 294 Å². The molecule has 0 amide bonds. The number of aromatic hydroxyl groups is 4. The van der Waals surface area contributed by atoms with E-state index >= 15 is 0 Å². The molecule has 1 fully saturated rings. The van der Waals surface area contributed by atoms with E-state index in [1.54, 1.807) is 144 Å². The van der Waals surface area contributed by atoms with Gasteiger partial charge < -0.3 is 59.8 Å². The van der Waals surface area contributed by atoms with Crippen LogP contribution >= 0.6 is 45.3 Å². The number of ether oxygens (including phenoxy) is 4. The minimum absolute atomic E-state index is 0.146. The smallest absolute Gasteiger partial charge is 0.328 e. The van der Waals surface area contributed by atoms with Crippen LogP contribution in [0.1, 0.15) is 77.1 Å². The summed E-state index contributed by atoms with van der Waals surface area (Å²) in [7, 11) is 0. The van der Waals surface area contributed by atoms with Crippen LogP contribution in [0.5, 0.6) is 69.0 Å². The molecule has 0 radical (unpaired) electrons. The number of aliphatic carboxylic acids is 4. The van der Waals surface area contributed by atoms with Gasteiger partial charge in [-0.3, -0.25) is 4.90 Å². The van der Waals surface area contributed by atoms with E-state index in [0.29, 0.717) is 40.4 Å². The molecule has 16 aromatic rings. The summed E-state index contributed by atoms with van der Waals surface area (Å²) in [5.41, 5.74) is 11.3. The third-order valence-electron chi connectivity index (χ3n) is 20.2. The first-order chi connectivity index (χ1) is 60.9. The zero-order valence-corrected chi connectivity index (χ0v) is 71.3. The molecule has 8 N–H and O–H groups in total. The Morgan fingerprint density at radius 1 is 0.397 bits per heavy atom. The molecule has 5 heterocycles. The molecule has 1 aliphatic rings. The number of likely N-dealkylation sites (tertiary alicyclic amines) is 1. The molecule has 4 aromatic heterocycles. The molecule has 18 nitrogen and oxygen atoms in total. The number of carboxylic acid groups (broad SMARTS) is 4. The maximum Gasteiger partial charge on any atom is 0.328 e. The van der Waals surface area contributed by atoms with Gasteiger partial charge in [-0.15, -0.1) is 45.3 Å². The molecule has 17 rings (SSSR count). The summed E-state index contributed by atoms with van der Waals surface area (Å²) in [5.74, 6) is 2.02. The van der Waals surface area contributed by atoms with Crippen molar-refractivity contribution in [2.75, 3.05) is 13.1 Å². The van der Waals surface area contributed by atoms with Crippen molar-refractivity contribution in [1.82, 2.24) is 4.90 Å². The van der Waals surface area contributed by atoms with Crippen molar-refractivity contribution in [2.45, 2.75) is 52.5 Å². The minimum atomic E-state index is -1.02. The highest BCUT2D eigenvalue weighted by atomic mass is 32.1. The Hall–Kier alpha value is -14.9. The highest BCUT2D eigenvalue weighted by molar-refractivity contribution is 7.24. The second kappa shape index (κ2) is 40.4. The first-order valence-corrected chi connectivity index (χ1v) is 43.1. The number of carboxylic acids is 4. The molecule has 12 aromatic carbocycles. The van der Waals surface area contributed by atoms with Crippen molar-refractivity contribution in [2.24, 2.45) is 0 Å². The van der Waals surface area contributed by atoms with Gasteiger partial charge in [0.15, 0.2) is 23.0 Å². The number of halogens is 1. The van der Waals surface area contributed by atoms with Crippen LogP contribution in [-0.4, -0.2) is 82.7 Å². The first-order valence-electron chi connectivity index (χ1n) is 39.8. The second-order valence-electron chi connectivity index (χ2n) is 29.5. The molecule has 0 saturated carbocycles. The lowest BCUT2D eigenvalue weighted by molar-refractivity contribution is -0.132. The zero-order chi connectivity index (χ0) is 88.5. The lowest BCUT2D eigenvalue weighted by Gasteiger charge is -2.18. The van der Waals surface area contributed by atoms with Gasteiger partial charge in [0.1, 0.15) is 51.8 Å². The Balaban J connectivity index is 0.000000136. The van der Waals surface area contributed by atoms with Gasteiger partial charge in [-0.25, -0.2) is 23.6 Å². The maximum atomic E-state index is 14.0. The van der Waals surface area contributed by atoms with E-state index in [0.717, 1.165) is 171 Å². The van der Waals surface area contributed by atoms with Crippen LogP contribution in [-0.2, 0) is 32.1 Å². The number of benzene rings is 12. The van der Waals surface area contributed by atoms with Crippen LogP contribution in [0.3, 0.4) is 0 Å². The van der Waals surface area contributed by atoms with E-state index in [1.165, 1.54) is 70.9 Å². The van der Waals surface area contributed by atoms with E-state index in [9.17, 15) is 49.3 Å². The SMILES string of the molecule is CC(C)c1ccccc1-c1sc2cc(O)ccc2c1Oc1ccc(/C=C/C(=O)O)cc1.Cc1ccc(F)cc1-c1sc2cc(O)ccc2c1Oc1ccc(/C=C/C(=O)O)cc1.N#CCc1ccccc1-c1sc2cc(O)ccc2c1Oc1ccc(/C=C/C(=O)O)cc1.O=C(O)/C=C/c1ccc(Oc2c(-c3ccccc3CN3CCCC3)sc3cc(O)ccc23)cc1. The van der Waals surface area contributed by atoms with E-state index in [2.05, 4.69) is 61.2 Å². The number of thiophene rings is 4. The van der Waals surface area contributed by atoms with E-state index in [-0.39, 0.29) is 35.2 Å². The van der Waals surface area contributed by atoms with Crippen LogP contribution < -0.4 is 18.9 Å². The standard InChI is InChI=1S/C28H25NO4S.C26H22O4S.C25H17NO4S.C24H17FO4S/c30-21-10-13-24-25(17-21)34-28(23-6-2-1-5-20(23)18-29-15-3-4-16-29)27(24)33-22-11-7-19(8-12-22)9-14-26(31)32;1-16(2)20-5-3-4-6-21(20)26-25(22-13-10-18(27)15-23(22)31-26)30-19-11-7-17(8-12-19)9-14-24(28)29;26-14-13-17-3-1-2-4-20(17)25-24(21-11-8-18(27)15-22(21)31-25)30-19-9-5-16(6-10-19)7-12-23(28)29;1-14-2-6-16(25)12-20(14)24-23(19-10-7-17(26)13-21(19)30-24)29-18-8-3-15(4-9-18)5-11-22(27)28/h1-2,5-14,17,30H,3-4,15-16,18H2,(H,31,32);3-16,27H,1-2H3,(H,28,29);1-12,15,27H,13H2,(H,28,29);2-13,26H,1H3,(H,27,28)/b2*14-9+;12-7+;11-5+. The fourth-order valence-corrected chi connectivity index (χ4v) is 19.1. The zero-order valence-electron chi connectivity index (χ0n) is 68.0. The van der Waals surface area contributed by atoms with Crippen molar-refractivity contribution in [1.29, 1.82) is 5.26 Å². The largest absolute Gasteiger partial charge is 0.508 e. The molecule has 0 aliphatic carbocycles. The summed E-state index contributed by atoms with van der Waals surface area (Å²) in [6.07, 6.45) is 13.2. The van der Waals surface area contributed by atoms with Gasteiger partial charge in [-0.1, -0.05) is 141 Å². The van der Waals surface area contributed by atoms with Gasteiger partial charge in [-0.2, -0.15) is 5.26 Å². The minimum Gasteiger partial charge on any atom is -0.508 e. The van der Waals surface area contributed by atoms with Crippen LogP contribution in [0, 0.1) is 24.1 Å². The van der Waals surface area contributed by atoms with Gasteiger partial charge in [0.05, 0.1) is 32.0 Å². The third-order valence-corrected chi connectivity index (χ3v) is 24.9. The Labute approximate surface area is 740 Å². The molecule has 0 unspecified atom stereocenters. The van der Waals surface area contributed by atoms with E-state index in [4.69, 9.17) is 39.4 Å². The van der Waals surface area contributed by atoms with Gasteiger partial charge >= 0.3 is 23.9 Å². The quantitative estimate of drug-likeness (QED) is 0.0261. The van der Waals surface area contributed by atoms with Crippen molar-refractivity contribution >= 4 is 134 Å².